The Hall–Kier alpha value is -2.22. The molecule has 6 nitrogen and oxygen atoms in total. The normalized spacial score (nSPS) is 15.8. The summed E-state index contributed by atoms with van der Waals surface area (Å²) in [6.45, 7) is 3.81. The van der Waals surface area contributed by atoms with Crippen LogP contribution in [0, 0.1) is 12.8 Å². The van der Waals surface area contributed by atoms with Gasteiger partial charge in [0.2, 0.25) is 15.9 Å². The largest absolute Gasteiger partial charge is 0.326 e. The maximum Gasteiger partial charge on any atom is 0.243 e. The lowest BCUT2D eigenvalue weighted by atomic mass is 9.97. The molecule has 0 atom stereocenters. The molecule has 1 saturated heterocycles. The number of Topliss-reactive ketones (excluding diaryl/α,β-unsaturated/α-hetero) is 1. The zero-order chi connectivity index (χ0) is 21.2. The van der Waals surface area contributed by atoms with Crippen molar-refractivity contribution in [1.82, 2.24) is 4.31 Å². The summed E-state index contributed by atoms with van der Waals surface area (Å²) in [7, 11) is -3.65. The molecule has 2 aromatic carbocycles. The Kier molecular flexibility index (Phi) is 6.41. The molecule has 1 N–H and O–H groups in total. The van der Waals surface area contributed by atoms with Crippen molar-refractivity contribution in [3.05, 3.63) is 58.6 Å². The lowest BCUT2D eigenvalue weighted by Crippen LogP contribution is -2.41. The van der Waals surface area contributed by atoms with Crippen molar-refractivity contribution in [3.8, 4) is 0 Å². The maximum atomic E-state index is 12.8. The molecule has 1 amide bonds. The molecule has 0 radical (unpaired) electrons. The van der Waals surface area contributed by atoms with Crippen LogP contribution in [0.25, 0.3) is 0 Å². The second-order valence-electron chi connectivity index (χ2n) is 7.16. The first-order chi connectivity index (χ1) is 13.7. The van der Waals surface area contributed by atoms with Gasteiger partial charge in [-0.2, -0.15) is 4.31 Å². The van der Waals surface area contributed by atoms with Crippen molar-refractivity contribution in [3.63, 3.8) is 0 Å². The predicted octanol–water partition coefficient (Wildman–Crippen LogP) is 3.89. The molecule has 29 heavy (non-hydrogen) atoms. The Bertz CT molecular complexity index is 1030. The fraction of sp³-hybridized carbons (Fsp3) is 0.333. The van der Waals surface area contributed by atoms with Gasteiger partial charge in [-0.25, -0.2) is 8.42 Å². The number of hydrogen-bond acceptors (Lipinski definition) is 4. The quantitative estimate of drug-likeness (QED) is 0.723. The van der Waals surface area contributed by atoms with Crippen molar-refractivity contribution < 1.29 is 18.0 Å². The number of halogens is 1. The van der Waals surface area contributed by atoms with E-state index in [0.717, 1.165) is 5.56 Å². The Labute approximate surface area is 175 Å². The minimum absolute atomic E-state index is 0.115. The van der Waals surface area contributed by atoms with E-state index in [9.17, 15) is 18.0 Å². The molecule has 2 aromatic rings. The van der Waals surface area contributed by atoms with Gasteiger partial charge in [0.05, 0.1) is 4.90 Å². The summed E-state index contributed by atoms with van der Waals surface area (Å²) < 4.78 is 27.1. The molecule has 0 aliphatic carbocycles. The minimum atomic E-state index is -3.65. The average Bonchev–Trinajstić information content (AvgIpc) is 2.71. The molecule has 8 heteroatoms. The smallest absolute Gasteiger partial charge is 0.243 e. The summed E-state index contributed by atoms with van der Waals surface area (Å²) in [5.41, 5.74) is 1.94. The fourth-order valence-corrected chi connectivity index (χ4v) is 4.99. The van der Waals surface area contributed by atoms with Gasteiger partial charge in [0.1, 0.15) is 0 Å². The molecule has 1 aliphatic heterocycles. The number of rotatable bonds is 5. The van der Waals surface area contributed by atoms with Crippen LogP contribution >= 0.6 is 11.6 Å². The number of nitrogens with zero attached hydrogens (tertiary/aromatic N) is 1. The van der Waals surface area contributed by atoms with E-state index in [0.29, 0.717) is 29.1 Å². The van der Waals surface area contributed by atoms with E-state index in [4.69, 9.17) is 11.6 Å². The number of ketones is 1. The van der Waals surface area contributed by atoms with Gasteiger partial charge in [0.25, 0.3) is 0 Å². The van der Waals surface area contributed by atoms with E-state index in [2.05, 4.69) is 5.32 Å². The maximum absolute atomic E-state index is 12.8. The van der Waals surface area contributed by atoms with Crippen LogP contribution in [0.15, 0.2) is 47.4 Å². The van der Waals surface area contributed by atoms with Crippen LogP contribution in [0.4, 0.5) is 5.69 Å². The topological polar surface area (TPSA) is 83.6 Å². The molecule has 1 fully saturated rings. The molecule has 0 bridgehead atoms. The van der Waals surface area contributed by atoms with Crippen molar-refractivity contribution >= 4 is 39.0 Å². The van der Waals surface area contributed by atoms with Crippen LogP contribution in [0.2, 0.25) is 5.02 Å². The SMILES string of the molecule is CC(=O)c1ccc(S(=O)(=O)N2CCC(C(=O)Nc3cccc(Cl)c3C)CC2)cc1. The van der Waals surface area contributed by atoms with E-state index in [1.54, 1.807) is 18.2 Å². The zero-order valence-electron chi connectivity index (χ0n) is 16.3. The molecule has 0 saturated carbocycles. The van der Waals surface area contributed by atoms with Crippen molar-refractivity contribution in [1.29, 1.82) is 0 Å². The molecule has 3 rings (SSSR count). The van der Waals surface area contributed by atoms with E-state index in [1.807, 2.05) is 6.92 Å². The highest BCUT2D eigenvalue weighted by atomic mass is 35.5. The van der Waals surface area contributed by atoms with Gasteiger partial charge < -0.3 is 5.32 Å². The van der Waals surface area contributed by atoms with E-state index in [-0.39, 0.29) is 35.6 Å². The van der Waals surface area contributed by atoms with Gasteiger partial charge in [-0.15, -0.1) is 0 Å². The summed E-state index contributed by atoms with van der Waals surface area (Å²) in [6.07, 6.45) is 0.881. The molecular formula is C21H23ClN2O4S. The summed E-state index contributed by atoms with van der Waals surface area (Å²) in [4.78, 5) is 24.1. The summed E-state index contributed by atoms with van der Waals surface area (Å²) in [6, 6.07) is 11.3. The average molecular weight is 435 g/mol. The van der Waals surface area contributed by atoms with Crippen molar-refractivity contribution in [2.24, 2.45) is 5.92 Å². The van der Waals surface area contributed by atoms with Crippen LogP contribution in [-0.2, 0) is 14.8 Å². The van der Waals surface area contributed by atoms with Crippen LogP contribution < -0.4 is 5.32 Å². The number of piperidine rings is 1. The Morgan fingerprint density at radius 1 is 1.07 bits per heavy atom. The molecular weight excluding hydrogens is 412 g/mol. The van der Waals surface area contributed by atoms with Crippen LogP contribution in [0.5, 0.6) is 0 Å². The Morgan fingerprint density at radius 3 is 2.28 bits per heavy atom. The van der Waals surface area contributed by atoms with Crippen molar-refractivity contribution in [2.75, 3.05) is 18.4 Å². The van der Waals surface area contributed by atoms with Gasteiger partial charge in [-0.05, 0) is 56.5 Å². The highest BCUT2D eigenvalue weighted by molar-refractivity contribution is 7.89. The number of amides is 1. The number of hydrogen-bond donors (Lipinski definition) is 1. The Morgan fingerprint density at radius 2 is 1.69 bits per heavy atom. The number of benzene rings is 2. The number of carbonyl (C=O) groups is 2. The molecule has 0 spiro atoms. The first-order valence-electron chi connectivity index (χ1n) is 9.37. The monoisotopic (exact) mass is 434 g/mol. The van der Waals surface area contributed by atoms with Gasteiger partial charge in [-0.3, -0.25) is 9.59 Å². The predicted molar refractivity (Wildman–Crippen MR) is 113 cm³/mol. The molecule has 0 aromatic heterocycles. The lowest BCUT2D eigenvalue weighted by molar-refractivity contribution is -0.120. The second-order valence-corrected chi connectivity index (χ2v) is 9.51. The van der Waals surface area contributed by atoms with E-state index in [1.165, 1.54) is 35.5 Å². The first-order valence-corrected chi connectivity index (χ1v) is 11.2. The zero-order valence-corrected chi connectivity index (χ0v) is 17.9. The molecule has 1 aliphatic rings. The molecule has 1 heterocycles. The number of carbonyl (C=O) groups excluding carboxylic acids is 2. The third-order valence-electron chi connectivity index (χ3n) is 5.25. The number of anilines is 1. The van der Waals surface area contributed by atoms with Gasteiger partial charge in [0, 0.05) is 35.3 Å². The minimum Gasteiger partial charge on any atom is -0.326 e. The first kappa shape index (κ1) is 21.5. The number of nitrogens with one attached hydrogen (secondary N) is 1. The number of sulfonamides is 1. The third kappa shape index (κ3) is 4.69. The summed E-state index contributed by atoms with van der Waals surface area (Å²) >= 11 is 6.09. The fourth-order valence-electron chi connectivity index (χ4n) is 3.35. The lowest BCUT2D eigenvalue weighted by Gasteiger charge is -2.30. The Balaban J connectivity index is 1.64. The van der Waals surface area contributed by atoms with Crippen LogP contribution in [0.1, 0.15) is 35.7 Å². The third-order valence-corrected chi connectivity index (χ3v) is 7.57. The standard InChI is InChI=1S/C21H23ClN2O4S/c1-14-19(22)4-3-5-20(14)23-21(26)17-10-12-24(13-11-17)29(27,28)18-8-6-16(7-9-18)15(2)25/h3-9,17H,10-13H2,1-2H3,(H,23,26). The van der Waals surface area contributed by atoms with Gasteiger partial charge >= 0.3 is 0 Å². The van der Waals surface area contributed by atoms with E-state index < -0.39 is 10.0 Å². The van der Waals surface area contributed by atoms with Crippen molar-refractivity contribution in [2.45, 2.75) is 31.6 Å². The summed E-state index contributed by atoms with van der Waals surface area (Å²) in [5.74, 6) is -0.506. The molecule has 0 unspecified atom stereocenters. The molecule has 154 valence electrons. The highest BCUT2D eigenvalue weighted by Crippen LogP contribution is 2.27. The van der Waals surface area contributed by atoms with Crippen LogP contribution in [0.3, 0.4) is 0 Å². The summed E-state index contributed by atoms with van der Waals surface area (Å²) in [5, 5.41) is 3.48. The van der Waals surface area contributed by atoms with Crippen LogP contribution in [-0.4, -0.2) is 37.5 Å². The van der Waals surface area contributed by atoms with Gasteiger partial charge in [0.15, 0.2) is 5.78 Å². The highest BCUT2D eigenvalue weighted by Gasteiger charge is 2.32. The van der Waals surface area contributed by atoms with Gasteiger partial charge in [-0.1, -0.05) is 29.8 Å². The van der Waals surface area contributed by atoms with E-state index >= 15 is 0 Å². The second kappa shape index (κ2) is 8.65.